The van der Waals surface area contributed by atoms with Crippen LogP contribution in [0.1, 0.15) is 0 Å². The number of hydrogen-bond acceptors (Lipinski definition) is 5. The minimum atomic E-state index is -1.37. The standard InChI is InChI=1S/C17H11ClO5/c18-13-6-12-11(10-4-2-1-3-5-10)7-17(21)23-14(12)8-15(13)22-9-16(19)20/h1-8H,9H2,(H,19,20)/p-1. The summed E-state index contributed by atoms with van der Waals surface area (Å²) >= 11 is 6.13. The molecule has 0 fully saturated rings. The first kappa shape index (κ1) is 15.1. The van der Waals surface area contributed by atoms with E-state index in [0.717, 1.165) is 5.56 Å². The number of benzene rings is 2. The Morgan fingerprint density at radius 2 is 1.91 bits per heavy atom. The van der Waals surface area contributed by atoms with E-state index in [-0.39, 0.29) is 16.4 Å². The highest BCUT2D eigenvalue weighted by molar-refractivity contribution is 6.33. The van der Waals surface area contributed by atoms with E-state index in [1.165, 1.54) is 12.1 Å². The first-order valence-corrected chi connectivity index (χ1v) is 7.08. The van der Waals surface area contributed by atoms with Crippen molar-refractivity contribution in [2.45, 2.75) is 0 Å². The fourth-order valence-electron chi connectivity index (χ4n) is 2.27. The molecule has 0 amide bonds. The van der Waals surface area contributed by atoms with Crippen LogP contribution in [0.15, 0.2) is 57.7 Å². The molecule has 0 bridgehead atoms. The lowest BCUT2D eigenvalue weighted by Crippen LogP contribution is -2.29. The number of carboxylic acids is 1. The van der Waals surface area contributed by atoms with Gasteiger partial charge in [-0.3, -0.25) is 0 Å². The van der Waals surface area contributed by atoms with Gasteiger partial charge in [0.1, 0.15) is 17.9 Å². The summed E-state index contributed by atoms with van der Waals surface area (Å²) in [4.78, 5) is 22.3. The highest BCUT2D eigenvalue weighted by Gasteiger charge is 2.12. The lowest BCUT2D eigenvalue weighted by atomic mass is 10.0. The van der Waals surface area contributed by atoms with Crippen LogP contribution in [-0.4, -0.2) is 12.6 Å². The van der Waals surface area contributed by atoms with Crippen LogP contribution >= 0.6 is 11.6 Å². The van der Waals surface area contributed by atoms with E-state index in [9.17, 15) is 14.7 Å². The van der Waals surface area contributed by atoms with Crippen LogP contribution < -0.4 is 15.5 Å². The van der Waals surface area contributed by atoms with Gasteiger partial charge >= 0.3 is 5.63 Å². The fourth-order valence-corrected chi connectivity index (χ4v) is 2.49. The molecule has 0 spiro atoms. The largest absolute Gasteiger partial charge is 0.546 e. The average molecular weight is 330 g/mol. The Kier molecular flexibility index (Phi) is 4.04. The third kappa shape index (κ3) is 3.19. The average Bonchev–Trinajstić information content (AvgIpc) is 2.53. The smallest absolute Gasteiger partial charge is 0.336 e. The third-order valence-electron chi connectivity index (χ3n) is 3.23. The Morgan fingerprint density at radius 1 is 1.17 bits per heavy atom. The summed E-state index contributed by atoms with van der Waals surface area (Å²) in [5.74, 6) is -1.27. The molecule has 0 saturated heterocycles. The molecule has 6 heteroatoms. The van der Waals surface area contributed by atoms with Gasteiger partial charge in [-0.1, -0.05) is 41.9 Å². The first-order valence-electron chi connectivity index (χ1n) is 6.70. The molecule has 0 saturated carbocycles. The quantitative estimate of drug-likeness (QED) is 0.686. The number of carbonyl (C=O) groups excluding carboxylic acids is 1. The van der Waals surface area contributed by atoms with Crippen LogP contribution in [-0.2, 0) is 4.79 Å². The molecule has 0 N–H and O–H groups in total. The molecule has 3 rings (SSSR count). The summed E-state index contributed by atoms with van der Waals surface area (Å²) in [6, 6.07) is 13.7. The van der Waals surface area contributed by atoms with E-state index in [1.807, 2.05) is 30.3 Å². The topological polar surface area (TPSA) is 79.6 Å². The van der Waals surface area contributed by atoms with Gasteiger partial charge < -0.3 is 19.1 Å². The summed E-state index contributed by atoms with van der Waals surface area (Å²) < 4.78 is 10.2. The van der Waals surface area contributed by atoms with E-state index in [0.29, 0.717) is 10.9 Å². The molecule has 23 heavy (non-hydrogen) atoms. The molecule has 0 aliphatic rings. The van der Waals surface area contributed by atoms with Gasteiger partial charge in [0, 0.05) is 17.5 Å². The van der Waals surface area contributed by atoms with E-state index in [2.05, 4.69) is 0 Å². The lowest BCUT2D eigenvalue weighted by molar-refractivity contribution is -0.307. The van der Waals surface area contributed by atoms with Crippen LogP contribution in [0.3, 0.4) is 0 Å². The maximum atomic E-state index is 11.8. The van der Waals surface area contributed by atoms with Crippen molar-refractivity contribution in [3.05, 3.63) is 64.0 Å². The molecular formula is C17H10ClO5-. The van der Waals surface area contributed by atoms with Crippen molar-refractivity contribution in [3.8, 4) is 16.9 Å². The molecule has 0 radical (unpaired) electrons. The van der Waals surface area contributed by atoms with Crippen LogP contribution in [0.5, 0.6) is 5.75 Å². The van der Waals surface area contributed by atoms with Crippen LogP contribution in [0.2, 0.25) is 5.02 Å². The van der Waals surface area contributed by atoms with Crippen molar-refractivity contribution < 1.29 is 19.1 Å². The molecule has 0 atom stereocenters. The van der Waals surface area contributed by atoms with Gasteiger partial charge in [0.05, 0.1) is 11.0 Å². The van der Waals surface area contributed by atoms with E-state index in [4.69, 9.17) is 20.8 Å². The SMILES string of the molecule is O=C([O-])COc1cc2oc(=O)cc(-c3ccccc3)c2cc1Cl. The zero-order valence-electron chi connectivity index (χ0n) is 11.7. The minimum absolute atomic E-state index is 0.108. The zero-order chi connectivity index (χ0) is 16.4. The van der Waals surface area contributed by atoms with Crippen LogP contribution in [0.4, 0.5) is 0 Å². The second-order valence-electron chi connectivity index (χ2n) is 4.78. The second-order valence-corrected chi connectivity index (χ2v) is 5.19. The number of carbonyl (C=O) groups is 1. The van der Waals surface area contributed by atoms with Crippen molar-refractivity contribution in [2.75, 3.05) is 6.61 Å². The van der Waals surface area contributed by atoms with Gasteiger partial charge in [-0.15, -0.1) is 0 Å². The molecule has 1 aromatic heterocycles. The molecule has 3 aromatic rings. The number of ether oxygens (including phenoxy) is 1. The normalized spacial score (nSPS) is 10.7. The minimum Gasteiger partial charge on any atom is -0.546 e. The Labute approximate surface area is 135 Å². The highest BCUT2D eigenvalue weighted by Crippen LogP contribution is 2.34. The zero-order valence-corrected chi connectivity index (χ0v) is 12.5. The second kappa shape index (κ2) is 6.14. The van der Waals surface area contributed by atoms with Gasteiger partial charge in [-0.2, -0.15) is 0 Å². The number of halogens is 1. The van der Waals surface area contributed by atoms with Crippen molar-refractivity contribution in [3.63, 3.8) is 0 Å². The summed E-state index contributed by atoms with van der Waals surface area (Å²) in [5.41, 5.74) is 1.24. The number of rotatable bonds is 4. The Hall–Kier alpha value is -2.79. The monoisotopic (exact) mass is 329 g/mol. The van der Waals surface area contributed by atoms with Gasteiger partial charge in [0.2, 0.25) is 0 Å². The molecule has 5 nitrogen and oxygen atoms in total. The molecule has 0 unspecified atom stereocenters. The molecule has 1 heterocycles. The lowest BCUT2D eigenvalue weighted by Gasteiger charge is -2.11. The number of hydrogen-bond donors (Lipinski definition) is 0. The van der Waals surface area contributed by atoms with Gasteiger partial charge in [-0.25, -0.2) is 4.79 Å². The van der Waals surface area contributed by atoms with Gasteiger partial charge in [0.25, 0.3) is 0 Å². The molecule has 116 valence electrons. The number of fused-ring (bicyclic) bond motifs is 1. The van der Waals surface area contributed by atoms with E-state index >= 15 is 0 Å². The van der Waals surface area contributed by atoms with E-state index < -0.39 is 18.2 Å². The summed E-state index contributed by atoms with van der Waals surface area (Å²) in [7, 11) is 0. The summed E-state index contributed by atoms with van der Waals surface area (Å²) in [5, 5.41) is 11.3. The maximum Gasteiger partial charge on any atom is 0.336 e. The maximum absolute atomic E-state index is 11.8. The van der Waals surface area contributed by atoms with E-state index in [1.54, 1.807) is 6.07 Å². The van der Waals surface area contributed by atoms with Gasteiger partial charge in [0.15, 0.2) is 0 Å². The van der Waals surface area contributed by atoms with Gasteiger partial charge in [-0.05, 0) is 17.2 Å². The molecule has 0 aliphatic carbocycles. The van der Waals surface area contributed by atoms with Crippen molar-refractivity contribution in [1.29, 1.82) is 0 Å². The number of carboxylic acid groups (broad SMARTS) is 1. The Balaban J connectivity index is 2.18. The predicted octanol–water partition coefficient (Wildman–Crippen LogP) is 2.24. The first-order chi connectivity index (χ1) is 11.0. The Bertz CT molecular complexity index is 931. The van der Waals surface area contributed by atoms with Crippen LogP contribution in [0, 0.1) is 0 Å². The highest BCUT2D eigenvalue weighted by atomic mass is 35.5. The van der Waals surface area contributed by atoms with Crippen molar-refractivity contribution in [1.82, 2.24) is 0 Å². The third-order valence-corrected chi connectivity index (χ3v) is 3.52. The summed E-state index contributed by atoms with van der Waals surface area (Å²) in [6.07, 6.45) is 0. The summed E-state index contributed by atoms with van der Waals surface area (Å²) in [6.45, 7) is -0.645. The molecule has 2 aromatic carbocycles. The Morgan fingerprint density at radius 3 is 2.61 bits per heavy atom. The fraction of sp³-hybridized carbons (Fsp3) is 0.0588. The van der Waals surface area contributed by atoms with Crippen LogP contribution in [0.25, 0.3) is 22.1 Å². The molecule has 0 aliphatic heterocycles. The van der Waals surface area contributed by atoms with Crippen molar-refractivity contribution in [2.24, 2.45) is 0 Å². The predicted molar refractivity (Wildman–Crippen MR) is 83.4 cm³/mol. The number of aliphatic carboxylic acids is 1. The van der Waals surface area contributed by atoms with Crippen molar-refractivity contribution >= 4 is 28.5 Å². The molecular weight excluding hydrogens is 320 g/mol.